The Morgan fingerprint density at radius 3 is 2.56 bits per heavy atom. The third kappa shape index (κ3) is 7.88. The van der Waals surface area contributed by atoms with Gasteiger partial charge in [-0.3, -0.25) is 19.8 Å². The lowest BCUT2D eigenvalue weighted by atomic mass is 9.91. The zero-order valence-electron chi connectivity index (χ0n) is 35.0. The minimum Gasteiger partial charge on any atom is -0.481 e. The number of nitrogens with one attached hydrogen (secondary N) is 2. The number of fused-ring (bicyclic) bond motifs is 2. The van der Waals surface area contributed by atoms with E-state index in [1.807, 2.05) is 30.3 Å². The highest BCUT2D eigenvalue weighted by Crippen LogP contribution is 2.44. The number of nitriles is 1. The molecule has 1 saturated carbocycles. The number of β-amino-alcohol motifs (C(OH)–C–C–N with tert-alkyl or cyclic N) is 1. The Balaban J connectivity index is 0.922. The van der Waals surface area contributed by atoms with Gasteiger partial charge in [0, 0.05) is 56.6 Å². The van der Waals surface area contributed by atoms with Crippen LogP contribution in [0.4, 0.5) is 0 Å². The van der Waals surface area contributed by atoms with Crippen molar-refractivity contribution in [3.8, 4) is 40.3 Å². The van der Waals surface area contributed by atoms with Gasteiger partial charge in [-0.2, -0.15) is 10.2 Å². The number of ether oxygens (including phenoxy) is 2. The van der Waals surface area contributed by atoms with Crippen molar-refractivity contribution in [3.05, 3.63) is 93.1 Å². The van der Waals surface area contributed by atoms with E-state index < -0.39 is 26.6 Å². The van der Waals surface area contributed by atoms with E-state index in [4.69, 9.17) is 30.9 Å². The monoisotopic (exact) mass is 879 g/mol. The molecule has 3 fully saturated rings. The number of aliphatic hydroxyl groups is 1. The molecule has 3 N–H and O–H groups in total. The maximum absolute atomic E-state index is 12.9. The zero-order valence-corrected chi connectivity index (χ0v) is 36.6. The number of nitrogens with zero attached hydrogens (tertiary/aromatic N) is 5. The summed E-state index contributed by atoms with van der Waals surface area (Å²) in [6.45, 7) is 7.65. The molecule has 14 nitrogen and oxygen atoms in total. The molecule has 2 aliphatic carbocycles. The molecule has 2 aromatic carbocycles. The molecule has 0 radical (unpaired) electrons. The quantitative estimate of drug-likeness (QED) is 0.122. The van der Waals surface area contributed by atoms with Crippen molar-refractivity contribution >= 4 is 38.5 Å². The Kier molecular flexibility index (Phi) is 11.2. The Bertz CT molecular complexity index is 2810. The predicted molar refractivity (Wildman–Crippen MR) is 233 cm³/mol. The number of carbonyl (C=O) groups is 1. The van der Waals surface area contributed by atoms with E-state index in [0.29, 0.717) is 97.6 Å². The van der Waals surface area contributed by atoms with Gasteiger partial charge in [-0.15, -0.1) is 0 Å². The van der Waals surface area contributed by atoms with Crippen LogP contribution in [0.1, 0.15) is 72.9 Å². The van der Waals surface area contributed by atoms with Crippen molar-refractivity contribution in [1.82, 2.24) is 24.1 Å². The van der Waals surface area contributed by atoms with Crippen LogP contribution in [-0.2, 0) is 34.3 Å². The highest BCUT2D eigenvalue weighted by atomic mass is 35.5. The number of halogens is 1. The van der Waals surface area contributed by atoms with Gasteiger partial charge in [0.2, 0.25) is 27.7 Å². The molecular weight excluding hydrogens is 830 g/mol. The number of methoxy groups -OCH3 is 1. The second-order valence-corrected chi connectivity index (χ2v) is 20.0. The van der Waals surface area contributed by atoms with E-state index in [0.717, 1.165) is 59.2 Å². The molecule has 3 aromatic heterocycles. The normalized spacial score (nSPS) is 20.9. The number of rotatable bonds is 13. The lowest BCUT2D eigenvalue weighted by Crippen LogP contribution is -2.42. The van der Waals surface area contributed by atoms with E-state index in [9.17, 15) is 23.6 Å². The van der Waals surface area contributed by atoms with Gasteiger partial charge in [-0.25, -0.2) is 8.42 Å². The van der Waals surface area contributed by atoms with Crippen molar-refractivity contribution in [2.24, 2.45) is 5.92 Å². The number of hydrogen-bond acceptors (Lipinski definition) is 12. The molecule has 0 spiro atoms. The summed E-state index contributed by atoms with van der Waals surface area (Å²) in [5, 5.41) is 30.3. The van der Waals surface area contributed by atoms with E-state index in [1.165, 1.54) is 5.56 Å². The third-order valence-corrected chi connectivity index (χ3v) is 15.7. The summed E-state index contributed by atoms with van der Waals surface area (Å²) >= 11 is 6.77. The molecule has 9 rings (SSSR count). The summed E-state index contributed by atoms with van der Waals surface area (Å²) in [5.74, 6) is 0.426. The molecule has 62 heavy (non-hydrogen) atoms. The zero-order chi connectivity index (χ0) is 43.5. The molecule has 2 saturated heterocycles. The number of pyridine rings is 2. The van der Waals surface area contributed by atoms with Crippen LogP contribution >= 0.6 is 11.6 Å². The number of likely N-dealkylation sites (tertiary alicyclic amines) is 2. The standard InChI is InChI=1S/C46H50ClN7O7S/c1-27-32(34-8-5-9-36-35(34)10-11-39(36)61-45-38(47)20-29(44(50-45)59-3)24-53-17-13-31(55)26-53)6-4-7-33(27)40-21-37-41(60-40)30(22-48)25-54(42(37)49)19-18-52-16-12-28(23-52)43(56)51-62(57,58)46(2)14-15-46/h4-9,20-21,25,28,31,39,49,55H,10-19,23-24,26H2,1-3H3,(H,51,56)/t28-,31-,39+/m1/s1. The van der Waals surface area contributed by atoms with E-state index >= 15 is 0 Å². The lowest BCUT2D eigenvalue weighted by molar-refractivity contribution is -0.122. The topological polar surface area (TPSA) is 187 Å². The van der Waals surface area contributed by atoms with E-state index in [2.05, 4.69) is 50.7 Å². The summed E-state index contributed by atoms with van der Waals surface area (Å²) in [4.78, 5) is 21.8. The summed E-state index contributed by atoms with van der Waals surface area (Å²) < 4.78 is 47.0. The molecule has 5 heterocycles. The van der Waals surface area contributed by atoms with Gasteiger partial charge in [0.1, 0.15) is 34.0 Å². The summed E-state index contributed by atoms with van der Waals surface area (Å²) in [6, 6.07) is 18.3. The average Bonchev–Trinajstić information content (AvgIpc) is 3.72. The van der Waals surface area contributed by atoms with Crippen LogP contribution in [0.5, 0.6) is 11.8 Å². The molecular formula is C46H50ClN7O7S. The molecule has 1 amide bonds. The van der Waals surface area contributed by atoms with Gasteiger partial charge < -0.3 is 28.5 Å². The van der Waals surface area contributed by atoms with Crippen molar-refractivity contribution in [2.75, 3.05) is 39.8 Å². The molecule has 3 atom stereocenters. The minimum absolute atomic E-state index is 0.209. The van der Waals surface area contributed by atoms with Gasteiger partial charge in [0.05, 0.1) is 29.3 Å². The van der Waals surface area contributed by atoms with Gasteiger partial charge in [0.15, 0.2) is 5.58 Å². The van der Waals surface area contributed by atoms with Crippen molar-refractivity contribution in [3.63, 3.8) is 0 Å². The second-order valence-electron chi connectivity index (χ2n) is 17.4. The first-order chi connectivity index (χ1) is 29.8. The first-order valence-electron chi connectivity index (χ1n) is 21.2. The molecule has 2 aliphatic heterocycles. The van der Waals surface area contributed by atoms with Crippen LogP contribution in [0.2, 0.25) is 5.02 Å². The molecule has 0 bridgehead atoms. The number of benzene rings is 2. The van der Waals surface area contributed by atoms with Gasteiger partial charge in [-0.1, -0.05) is 48.0 Å². The number of aromatic nitrogens is 2. The molecule has 324 valence electrons. The second kappa shape index (κ2) is 16.5. The number of sulfonamides is 1. The molecule has 16 heteroatoms. The van der Waals surface area contributed by atoms with Crippen LogP contribution in [0.3, 0.4) is 0 Å². The Hall–Kier alpha value is -5.24. The van der Waals surface area contributed by atoms with Crippen LogP contribution < -0.4 is 19.7 Å². The third-order valence-electron chi connectivity index (χ3n) is 13.2. The lowest BCUT2D eigenvalue weighted by Gasteiger charge is -2.20. The van der Waals surface area contributed by atoms with Crippen molar-refractivity contribution in [2.45, 2.75) is 82.4 Å². The van der Waals surface area contributed by atoms with Crippen LogP contribution in [-0.4, -0.2) is 89.5 Å². The number of aliphatic hydroxyl groups excluding tert-OH is 1. The maximum atomic E-state index is 12.9. The summed E-state index contributed by atoms with van der Waals surface area (Å²) in [5.41, 5.74) is 7.91. The highest BCUT2D eigenvalue weighted by Gasteiger charge is 2.51. The fourth-order valence-corrected chi connectivity index (χ4v) is 10.8. The predicted octanol–water partition coefficient (Wildman–Crippen LogP) is 6.24. The minimum atomic E-state index is -3.70. The number of amides is 1. The molecule has 5 aromatic rings. The van der Waals surface area contributed by atoms with Crippen LogP contribution in [0.25, 0.3) is 33.4 Å². The number of hydrogen-bond donors (Lipinski definition) is 3. The first kappa shape index (κ1) is 42.1. The first-order valence-corrected chi connectivity index (χ1v) is 23.0. The summed E-state index contributed by atoms with van der Waals surface area (Å²) in [7, 11) is -2.11. The van der Waals surface area contributed by atoms with E-state index in [-0.39, 0.29) is 17.7 Å². The Labute approximate surface area is 365 Å². The fraction of sp³-hybridized carbons (Fsp3) is 0.435. The van der Waals surface area contributed by atoms with Gasteiger partial charge >= 0.3 is 0 Å². The van der Waals surface area contributed by atoms with E-state index in [1.54, 1.807) is 24.8 Å². The van der Waals surface area contributed by atoms with Crippen LogP contribution in [0.15, 0.2) is 59.1 Å². The smallest absolute Gasteiger partial charge is 0.240 e. The SMILES string of the molecule is COc1nc(O[C@H]2CCc3c(-c4cccc(-c5cc6c(=N)n(CCN7CC[C@@H](C(=O)NS(=O)(=O)C8(C)CC8)C7)cc(C#N)c6o5)c4C)cccc32)c(Cl)cc1CN1CC[C@@H](O)C1. The summed E-state index contributed by atoms with van der Waals surface area (Å²) in [6.07, 6.45) is 4.97. The fourth-order valence-electron chi connectivity index (χ4n) is 9.26. The van der Waals surface area contributed by atoms with Crippen LogP contribution in [0, 0.1) is 29.6 Å². The molecule has 0 unspecified atom stereocenters. The number of furan rings is 1. The van der Waals surface area contributed by atoms with Crippen molar-refractivity contribution < 1.29 is 32.2 Å². The maximum Gasteiger partial charge on any atom is 0.240 e. The average molecular weight is 880 g/mol. The largest absolute Gasteiger partial charge is 0.481 e. The van der Waals surface area contributed by atoms with Crippen molar-refractivity contribution in [1.29, 1.82) is 10.7 Å². The van der Waals surface area contributed by atoms with Gasteiger partial charge in [0.25, 0.3) is 0 Å². The van der Waals surface area contributed by atoms with Gasteiger partial charge in [-0.05, 0) is 98.9 Å². The molecule has 4 aliphatic rings. The highest BCUT2D eigenvalue weighted by molar-refractivity contribution is 7.91. The number of carbonyl (C=O) groups excluding carboxylic acids is 1. The Morgan fingerprint density at radius 1 is 1.06 bits per heavy atom. The Morgan fingerprint density at radius 2 is 1.82 bits per heavy atom.